The van der Waals surface area contributed by atoms with E-state index >= 15 is 0 Å². The molecule has 13 heavy (non-hydrogen) atoms. The number of anilines is 1. The van der Waals surface area contributed by atoms with Gasteiger partial charge in [0.25, 0.3) is 0 Å². The Morgan fingerprint density at radius 3 is 2.85 bits per heavy atom. The van der Waals surface area contributed by atoms with Crippen molar-refractivity contribution in [3.8, 4) is 12.3 Å². The lowest BCUT2D eigenvalue weighted by Gasteiger charge is -2.11. The summed E-state index contributed by atoms with van der Waals surface area (Å²) in [4.78, 5) is 7.89. The van der Waals surface area contributed by atoms with Crippen molar-refractivity contribution in [1.82, 2.24) is 9.97 Å². The summed E-state index contributed by atoms with van der Waals surface area (Å²) in [6, 6.07) is -0.0470. The lowest BCUT2D eigenvalue weighted by molar-refractivity contribution is 0.849. The van der Waals surface area contributed by atoms with Crippen LogP contribution in [-0.2, 0) is 0 Å². The fraction of sp³-hybridized carbons (Fsp3) is 0.333. The average molecular weight is 196 g/mol. The van der Waals surface area contributed by atoms with E-state index in [9.17, 15) is 0 Å². The van der Waals surface area contributed by atoms with Gasteiger partial charge in [-0.25, -0.2) is 9.97 Å². The Kier molecular flexibility index (Phi) is 3.53. The largest absolute Gasteiger partial charge is 0.354 e. The van der Waals surface area contributed by atoms with Gasteiger partial charge in [0.15, 0.2) is 11.0 Å². The Hall–Kier alpha value is -1.27. The summed E-state index contributed by atoms with van der Waals surface area (Å²) in [5, 5.41) is 3.35. The maximum Gasteiger partial charge on any atom is 0.171 e. The minimum Gasteiger partial charge on any atom is -0.354 e. The van der Waals surface area contributed by atoms with Crippen LogP contribution in [0.15, 0.2) is 12.4 Å². The van der Waals surface area contributed by atoms with Gasteiger partial charge in [-0.2, -0.15) is 0 Å². The van der Waals surface area contributed by atoms with Crippen LogP contribution in [0.4, 0.5) is 5.82 Å². The van der Waals surface area contributed by atoms with Gasteiger partial charge in [0.05, 0.1) is 6.04 Å². The van der Waals surface area contributed by atoms with E-state index in [-0.39, 0.29) is 6.04 Å². The molecule has 3 nitrogen and oxygen atoms in total. The second kappa shape index (κ2) is 4.68. The quantitative estimate of drug-likeness (QED) is 0.750. The number of rotatable bonds is 3. The molecule has 0 aliphatic carbocycles. The second-order valence-corrected chi connectivity index (χ2v) is 2.83. The zero-order valence-corrected chi connectivity index (χ0v) is 8.04. The van der Waals surface area contributed by atoms with Gasteiger partial charge in [-0.05, 0) is 6.42 Å². The number of terminal acetylenes is 1. The van der Waals surface area contributed by atoms with Crippen LogP contribution in [0.5, 0.6) is 0 Å². The van der Waals surface area contributed by atoms with Crippen molar-refractivity contribution in [2.45, 2.75) is 19.4 Å². The highest BCUT2D eigenvalue weighted by Gasteiger charge is 2.05. The Morgan fingerprint density at radius 1 is 1.62 bits per heavy atom. The third kappa shape index (κ3) is 2.60. The molecule has 1 N–H and O–H groups in total. The molecule has 0 spiro atoms. The third-order valence-electron chi connectivity index (χ3n) is 1.57. The van der Waals surface area contributed by atoms with Crippen molar-refractivity contribution in [3.63, 3.8) is 0 Å². The number of hydrogen-bond acceptors (Lipinski definition) is 3. The first-order valence-corrected chi connectivity index (χ1v) is 4.35. The molecule has 1 aromatic heterocycles. The maximum atomic E-state index is 5.78. The number of halogens is 1. The van der Waals surface area contributed by atoms with Gasteiger partial charge in [0.2, 0.25) is 0 Å². The van der Waals surface area contributed by atoms with Crippen molar-refractivity contribution in [2.75, 3.05) is 5.32 Å². The van der Waals surface area contributed by atoms with Crippen LogP contribution in [0, 0.1) is 12.3 Å². The topological polar surface area (TPSA) is 37.8 Å². The van der Waals surface area contributed by atoms with Crippen molar-refractivity contribution in [2.24, 2.45) is 0 Å². The molecule has 0 amide bonds. The molecule has 0 saturated heterocycles. The molecule has 0 radical (unpaired) electrons. The molecule has 1 heterocycles. The molecule has 1 unspecified atom stereocenters. The van der Waals surface area contributed by atoms with Crippen LogP contribution < -0.4 is 5.32 Å². The van der Waals surface area contributed by atoms with Crippen LogP contribution in [0.2, 0.25) is 5.15 Å². The monoisotopic (exact) mass is 195 g/mol. The highest BCUT2D eigenvalue weighted by molar-refractivity contribution is 6.31. The van der Waals surface area contributed by atoms with Crippen LogP contribution >= 0.6 is 11.6 Å². The fourth-order valence-electron chi connectivity index (χ4n) is 0.844. The Morgan fingerprint density at radius 2 is 2.31 bits per heavy atom. The first kappa shape index (κ1) is 9.82. The smallest absolute Gasteiger partial charge is 0.171 e. The Bertz CT molecular complexity index is 319. The molecule has 1 aromatic rings. The molecular weight excluding hydrogens is 186 g/mol. The van der Waals surface area contributed by atoms with Crippen LogP contribution in [0.1, 0.15) is 13.3 Å². The number of nitrogens with one attached hydrogen (secondary N) is 1. The predicted octanol–water partition coefficient (Wildman–Crippen LogP) is 1.95. The van der Waals surface area contributed by atoms with Gasteiger partial charge in [-0.3, -0.25) is 0 Å². The van der Waals surface area contributed by atoms with E-state index in [0.717, 1.165) is 6.42 Å². The number of nitrogens with zero attached hydrogens (tertiary/aromatic N) is 2. The minimum absolute atomic E-state index is 0.0470. The second-order valence-electron chi connectivity index (χ2n) is 2.47. The van der Waals surface area contributed by atoms with Gasteiger partial charge >= 0.3 is 0 Å². The van der Waals surface area contributed by atoms with Crippen LogP contribution in [0.3, 0.4) is 0 Å². The van der Waals surface area contributed by atoms with E-state index in [2.05, 4.69) is 21.2 Å². The van der Waals surface area contributed by atoms with E-state index < -0.39 is 0 Å². The van der Waals surface area contributed by atoms with E-state index in [4.69, 9.17) is 18.0 Å². The summed E-state index contributed by atoms with van der Waals surface area (Å²) in [5.74, 6) is 3.13. The lowest BCUT2D eigenvalue weighted by Crippen LogP contribution is -2.17. The molecule has 68 valence electrons. The summed E-state index contributed by atoms with van der Waals surface area (Å²) < 4.78 is 0. The normalized spacial score (nSPS) is 11.8. The zero-order valence-electron chi connectivity index (χ0n) is 7.29. The third-order valence-corrected chi connectivity index (χ3v) is 1.85. The maximum absolute atomic E-state index is 5.78. The minimum atomic E-state index is -0.0470. The molecular formula is C9H10ClN3. The van der Waals surface area contributed by atoms with E-state index in [1.54, 1.807) is 6.20 Å². The van der Waals surface area contributed by atoms with Crippen molar-refractivity contribution < 1.29 is 0 Å². The molecule has 0 fully saturated rings. The van der Waals surface area contributed by atoms with Crippen LogP contribution in [-0.4, -0.2) is 16.0 Å². The standard InChI is InChI=1S/C9H10ClN3/c1-3-7(4-2)13-9-8(10)11-5-6-12-9/h1,5-7H,4H2,2H3,(H,12,13). The highest BCUT2D eigenvalue weighted by atomic mass is 35.5. The molecule has 1 atom stereocenters. The molecule has 0 saturated carbocycles. The fourth-order valence-corrected chi connectivity index (χ4v) is 1.00. The van der Waals surface area contributed by atoms with Gasteiger partial charge in [0, 0.05) is 12.4 Å². The Balaban J connectivity index is 2.74. The summed E-state index contributed by atoms with van der Waals surface area (Å²) in [5.41, 5.74) is 0. The first-order chi connectivity index (χ1) is 6.27. The van der Waals surface area contributed by atoms with Crippen molar-refractivity contribution >= 4 is 17.4 Å². The molecule has 0 aliphatic rings. The average Bonchev–Trinajstić information content (AvgIpc) is 2.17. The highest BCUT2D eigenvalue weighted by Crippen LogP contribution is 2.15. The lowest BCUT2D eigenvalue weighted by atomic mass is 10.2. The molecule has 4 heteroatoms. The van der Waals surface area contributed by atoms with Crippen LogP contribution in [0.25, 0.3) is 0 Å². The molecule has 0 bridgehead atoms. The summed E-state index contributed by atoms with van der Waals surface area (Å²) >= 11 is 5.78. The SMILES string of the molecule is C#CC(CC)Nc1nccnc1Cl. The number of aromatic nitrogens is 2. The van der Waals surface area contributed by atoms with Gasteiger partial charge in [-0.15, -0.1) is 6.42 Å². The van der Waals surface area contributed by atoms with Gasteiger partial charge in [-0.1, -0.05) is 24.4 Å². The summed E-state index contributed by atoms with van der Waals surface area (Å²) in [6.45, 7) is 1.99. The molecule has 0 aromatic carbocycles. The molecule has 0 aliphatic heterocycles. The van der Waals surface area contributed by atoms with Crippen molar-refractivity contribution in [3.05, 3.63) is 17.5 Å². The van der Waals surface area contributed by atoms with E-state index in [0.29, 0.717) is 11.0 Å². The predicted molar refractivity (Wildman–Crippen MR) is 53.6 cm³/mol. The summed E-state index contributed by atoms with van der Waals surface area (Å²) in [6.07, 6.45) is 9.20. The van der Waals surface area contributed by atoms with E-state index in [1.807, 2.05) is 6.92 Å². The number of hydrogen-bond donors (Lipinski definition) is 1. The molecule has 1 rings (SSSR count). The van der Waals surface area contributed by atoms with Gasteiger partial charge < -0.3 is 5.32 Å². The first-order valence-electron chi connectivity index (χ1n) is 3.97. The summed E-state index contributed by atoms with van der Waals surface area (Å²) in [7, 11) is 0. The van der Waals surface area contributed by atoms with E-state index in [1.165, 1.54) is 6.20 Å². The van der Waals surface area contributed by atoms with Crippen molar-refractivity contribution in [1.29, 1.82) is 0 Å². The Labute approximate surface area is 82.5 Å². The van der Waals surface area contributed by atoms with Gasteiger partial charge in [0.1, 0.15) is 0 Å². The zero-order chi connectivity index (χ0) is 9.68.